The quantitative estimate of drug-likeness (QED) is 0.765. The average Bonchev–Trinajstić information content (AvgIpc) is 3.06. The summed E-state index contributed by atoms with van der Waals surface area (Å²) in [6.07, 6.45) is 0.0203. The fourth-order valence-corrected chi connectivity index (χ4v) is 3.22. The van der Waals surface area contributed by atoms with Crippen LogP contribution < -0.4 is 10.9 Å². The summed E-state index contributed by atoms with van der Waals surface area (Å²) in [6, 6.07) is 7.55. The van der Waals surface area contributed by atoms with Crippen LogP contribution in [0.25, 0.3) is 5.13 Å². The monoisotopic (exact) mass is 342 g/mol. The number of thiazole rings is 1. The van der Waals surface area contributed by atoms with Crippen LogP contribution in [0, 0.1) is 20.8 Å². The van der Waals surface area contributed by atoms with Gasteiger partial charge in [-0.1, -0.05) is 12.1 Å². The third-order valence-electron chi connectivity index (χ3n) is 3.63. The van der Waals surface area contributed by atoms with E-state index in [0.29, 0.717) is 16.4 Å². The number of benzene rings is 1. The molecule has 0 saturated carbocycles. The van der Waals surface area contributed by atoms with E-state index in [0.717, 1.165) is 16.9 Å². The van der Waals surface area contributed by atoms with Gasteiger partial charge in [0.1, 0.15) is 0 Å². The number of nitrogens with one attached hydrogen (secondary N) is 2. The first-order valence-electron chi connectivity index (χ1n) is 7.53. The lowest BCUT2D eigenvalue weighted by molar-refractivity contribution is -0.115. The molecule has 0 fully saturated rings. The van der Waals surface area contributed by atoms with E-state index in [-0.39, 0.29) is 17.9 Å². The van der Waals surface area contributed by atoms with Crippen LogP contribution in [0.2, 0.25) is 0 Å². The number of anilines is 1. The predicted octanol–water partition coefficient (Wildman–Crippen LogP) is 2.73. The highest BCUT2D eigenvalue weighted by molar-refractivity contribution is 7.12. The van der Waals surface area contributed by atoms with Crippen LogP contribution in [-0.2, 0) is 11.2 Å². The van der Waals surface area contributed by atoms with Gasteiger partial charge in [0, 0.05) is 22.3 Å². The molecule has 0 spiro atoms. The number of hydrogen-bond donors (Lipinski definition) is 2. The Morgan fingerprint density at radius 2 is 2.12 bits per heavy atom. The predicted molar refractivity (Wildman–Crippen MR) is 95.0 cm³/mol. The molecular weight excluding hydrogens is 324 g/mol. The van der Waals surface area contributed by atoms with Crippen molar-refractivity contribution in [1.82, 2.24) is 14.8 Å². The summed E-state index contributed by atoms with van der Waals surface area (Å²) in [5.41, 5.74) is 3.53. The maximum absolute atomic E-state index is 12.6. The molecule has 2 aromatic heterocycles. The lowest BCUT2D eigenvalue weighted by Crippen LogP contribution is -2.22. The van der Waals surface area contributed by atoms with Crippen LogP contribution in [0.15, 0.2) is 34.4 Å². The number of nitrogens with zero attached hydrogens (tertiary/aromatic N) is 2. The Morgan fingerprint density at radius 3 is 2.79 bits per heavy atom. The second kappa shape index (κ2) is 6.45. The first kappa shape index (κ1) is 16.2. The summed E-state index contributed by atoms with van der Waals surface area (Å²) < 4.78 is 1.39. The van der Waals surface area contributed by atoms with Crippen molar-refractivity contribution < 1.29 is 4.79 Å². The van der Waals surface area contributed by atoms with Gasteiger partial charge in [0.15, 0.2) is 0 Å². The molecule has 0 radical (unpaired) electrons. The highest BCUT2D eigenvalue weighted by Crippen LogP contribution is 2.14. The molecule has 2 heterocycles. The van der Waals surface area contributed by atoms with Crippen LogP contribution in [0.4, 0.5) is 5.69 Å². The highest BCUT2D eigenvalue weighted by atomic mass is 32.1. The molecule has 2 N–H and O–H groups in total. The first-order valence-corrected chi connectivity index (χ1v) is 8.41. The summed E-state index contributed by atoms with van der Waals surface area (Å²) >= 11 is 1.38. The van der Waals surface area contributed by atoms with E-state index >= 15 is 0 Å². The Morgan fingerprint density at radius 1 is 1.33 bits per heavy atom. The minimum atomic E-state index is -0.235. The lowest BCUT2D eigenvalue weighted by atomic mass is 10.1. The normalized spacial score (nSPS) is 10.8. The Labute approximate surface area is 143 Å². The Hall–Kier alpha value is -2.67. The number of rotatable bonds is 4. The molecular formula is C17H18N4O2S. The van der Waals surface area contributed by atoms with Crippen molar-refractivity contribution in [2.45, 2.75) is 27.2 Å². The summed E-state index contributed by atoms with van der Waals surface area (Å²) in [5.74, 6) is -0.220. The number of amides is 1. The van der Waals surface area contributed by atoms with Crippen LogP contribution in [0.1, 0.15) is 22.5 Å². The van der Waals surface area contributed by atoms with E-state index in [1.807, 2.05) is 43.5 Å². The molecule has 0 saturated heterocycles. The molecule has 0 aliphatic rings. The van der Waals surface area contributed by atoms with Crippen molar-refractivity contribution in [2.75, 3.05) is 5.32 Å². The number of carbonyl (C=O) groups is 1. The second-order valence-corrected chi connectivity index (χ2v) is 6.56. The SMILES string of the molecule is Cc1cccc(NC(=O)Cc2c(C)[nH]n(-c3nc(C)cs3)c2=O)c1. The van der Waals surface area contributed by atoms with Crippen molar-refractivity contribution in [2.24, 2.45) is 0 Å². The molecule has 1 amide bonds. The van der Waals surface area contributed by atoms with Crippen molar-refractivity contribution in [3.05, 3.63) is 62.5 Å². The number of H-pyrrole nitrogens is 1. The minimum Gasteiger partial charge on any atom is -0.326 e. The molecule has 0 aliphatic heterocycles. The molecule has 24 heavy (non-hydrogen) atoms. The molecule has 1 aromatic carbocycles. The average molecular weight is 342 g/mol. The van der Waals surface area contributed by atoms with E-state index in [1.165, 1.54) is 16.0 Å². The van der Waals surface area contributed by atoms with Gasteiger partial charge in [-0.25, -0.2) is 4.98 Å². The van der Waals surface area contributed by atoms with Crippen molar-refractivity contribution in [1.29, 1.82) is 0 Å². The lowest BCUT2D eigenvalue weighted by Gasteiger charge is -2.05. The number of carbonyl (C=O) groups excluding carboxylic acids is 1. The standard InChI is InChI=1S/C17H18N4O2S/c1-10-5-4-6-13(7-10)19-15(22)8-14-12(3)20-21(16(14)23)17-18-11(2)9-24-17/h4-7,9,20H,8H2,1-3H3,(H,19,22). The van der Waals surface area contributed by atoms with E-state index in [2.05, 4.69) is 15.4 Å². The zero-order valence-electron chi connectivity index (χ0n) is 13.7. The van der Waals surface area contributed by atoms with Gasteiger partial charge in [0.05, 0.1) is 12.1 Å². The third kappa shape index (κ3) is 3.30. The molecule has 3 aromatic rings. The summed E-state index contributed by atoms with van der Waals surface area (Å²) in [7, 11) is 0. The minimum absolute atomic E-state index is 0.0203. The molecule has 0 atom stereocenters. The molecule has 124 valence electrons. The molecule has 0 bridgehead atoms. The maximum Gasteiger partial charge on any atom is 0.277 e. The highest BCUT2D eigenvalue weighted by Gasteiger charge is 2.17. The Balaban J connectivity index is 1.81. The van der Waals surface area contributed by atoms with Crippen molar-refractivity contribution in [3.63, 3.8) is 0 Å². The zero-order valence-corrected chi connectivity index (χ0v) is 14.5. The Kier molecular flexibility index (Phi) is 4.35. The van der Waals surface area contributed by atoms with Crippen molar-refractivity contribution >= 4 is 22.9 Å². The molecule has 0 aliphatic carbocycles. The fraction of sp³-hybridized carbons (Fsp3) is 0.235. The van der Waals surface area contributed by atoms with Crippen LogP contribution in [-0.4, -0.2) is 20.7 Å². The Bertz CT molecular complexity index is 952. The number of aryl methyl sites for hydroxylation is 3. The number of aromatic nitrogens is 3. The van der Waals surface area contributed by atoms with Gasteiger partial charge in [-0.3, -0.25) is 14.7 Å². The fourth-order valence-electron chi connectivity index (χ4n) is 2.46. The van der Waals surface area contributed by atoms with Crippen LogP contribution >= 0.6 is 11.3 Å². The van der Waals surface area contributed by atoms with Gasteiger partial charge in [-0.05, 0) is 38.5 Å². The van der Waals surface area contributed by atoms with Gasteiger partial charge in [0.2, 0.25) is 11.0 Å². The number of hydrogen-bond acceptors (Lipinski definition) is 4. The second-order valence-electron chi connectivity index (χ2n) is 5.72. The van der Waals surface area contributed by atoms with Gasteiger partial charge >= 0.3 is 0 Å². The largest absolute Gasteiger partial charge is 0.326 e. The molecule has 6 nitrogen and oxygen atoms in total. The van der Waals surface area contributed by atoms with E-state index in [1.54, 1.807) is 6.92 Å². The van der Waals surface area contributed by atoms with Crippen molar-refractivity contribution in [3.8, 4) is 5.13 Å². The van der Waals surface area contributed by atoms with E-state index in [9.17, 15) is 9.59 Å². The van der Waals surface area contributed by atoms with Gasteiger partial charge in [-0.2, -0.15) is 4.68 Å². The van der Waals surface area contributed by atoms with E-state index in [4.69, 9.17) is 0 Å². The van der Waals surface area contributed by atoms with E-state index < -0.39 is 0 Å². The summed E-state index contributed by atoms with van der Waals surface area (Å²) in [6.45, 7) is 5.62. The van der Waals surface area contributed by atoms with Gasteiger partial charge in [-0.15, -0.1) is 11.3 Å². The topological polar surface area (TPSA) is 79.8 Å². The van der Waals surface area contributed by atoms with Crippen LogP contribution in [0.3, 0.4) is 0 Å². The maximum atomic E-state index is 12.6. The molecule has 3 rings (SSSR count). The van der Waals surface area contributed by atoms with Gasteiger partial charge in [0.25, 0.3) is 5.56 Å². The smallest absolute Gasteiger partial charge is 0.277 e. The number of aromatic amines is 1. The van der Waals surface area contributed by atoms with Gasteiger partial charge < -0.3 is 5.32 Å². The third-order valence-corrected chi connectivity index (χ3v) is 4.57. The summed E-state index contributed by atoms with van der Waals surface area (Å²) in [4.78, 5) is 29.1. The van der Waals surface area contributed by atoms with Crippen LogP contribution in [0.5, 0.6) is 0 Å². The summed E-state index contributed by atoms with van der Waals surface area (Å²) in [5, 5.41) is 8.27. The first-order chi connectivity index (χ1) is 11.4. The molecule has 7 heteroatoms. The zero-order chi connectivity index (χ0) is 17.3. The molecule has 0 unspecified atom stereocenters.